The van der Waals surface area contributed by atoms with Crippen LogP contribution in [0.5, 0.6) is 0 Å². The molecule has 162 valence electrons. The Hall–Kier alpha value is -3.17. The van der Waals surface area contributed by atoms with Gasteiger partial charge < -0.3 is 14.8 Å². The Bertz CT molecular complexity index is 1130. The van der Waals surface area contributed by atoms with Crippen LogP contribution in [0.1, 0.15) is 37.3 Å². The van der Waals surface area contributed by atoms with Crippen molar-refractivity contribution in [2.45, 2.75) is 50.5 Å². The van der Waals surface area contributed by atoms with Crippen LogP contribution in [0.25, 0.3) is 11.2 Å². The molecular weight excluding hydrogens is 409 g/mol. The molecule has 1 N–H and O–H groups in total. The van der Waals surface area contributed by atoms with Gasteiger partial charge in [0.15, 0.2) is 11.5 Å². The van der Waals surface area contributed by atoms with Gasteiger partial charge in [0.1, 0.15) is 11.8 Å². The quantitative estimate of drug-likeness (QED) is 0.688. The number of fused-ring (bicyclic) bond motifs is 2. The molecule has 1 unspecified atom stereocenters. The Morgan fingerprint density at radius 2 is 1.97 bits per heavy atom. The summed E-state index contributed by atoms with van der Waals surface area (Å²) < 4.78 is 38.6. The van der Waals surface area contributed by atoms with Gasteiger partial charge in [-0.3, -0.25) is 4.79 Å². The van der Waals surface area contributed by atoms with Gasteiger partial charge in [-0.15, -0.1) is 0 Å². The van der Waals surface area contributed by atoms with Crippen molar-refractivity contribution in [2.75, 3.05) is 11.4 Å². The molecule has 5 rings (SSSR count). The monoisotopic (exact) mass is 430 g/mol. The number of rotatable bonds is 3. The third-order valence-corrected chi connectivity index (χ3v) is 6.60. The molecule has 3 aromatic rings. The van der Waals surface area contributed by atoms with E-state index < -0.39 is 17.3 Å². The van der Waals surface area contributed by atoms with E-state index in [9.17, 15) is 18.0 Å². The number of anilines is 1. The highest BCUT2D eigenvalue weighted by Gasteiger charge is 2.52. The standard InChI is InChI=1S/C21H21F3N6O/c1-20-8-9-29(19-17-18(26-11-25-17)27-12-28-19)15(20)6-7-16(31)30(20)10-13-2-4-14(5-3-13)21(22,23)24/h2-5,11-12,15H,6-10H2,1H3,(H,25,26,27,28)/t15?,20-/m0/s1. The summed E-state index contributed by atoms with van der Waals surface area (Å²) in [7, 11) is 0. The van der Waals surface area contributed by atoms with E-state index in [1.54, 1.807) is 6.33 Å². The first-order valence-corrected chi connectivity index (χ1v) is 10.1. The number of piperidine rings is 1. The molecule has 7 nitrogen and oxygen atoms in total. The SMILES string of the molecule is C[C@]12CCN(c3ncnc4nc[nH]c34)C1CCC(=O)N2Cc1ccc(C(F)(F)F)cc1. The second kappa shape index (κ2) is 6.93. The summed E-state index contributed by atoms with van der Waals surface area (Å²) in [5, 5.41) is 0. The Kier molecular flexibility index (Phi) is 4.42. The molecule has 1 aromatic carbocycles. The lowest BCUT2D eigenvalue weighted by atomic mass is 9.83. The number of nitrogens with zero attached hydrogens (tertiary/aromatic N) is 5. The molecular formula is C21H21F3N6O. The number of halogens is 3. The highest BCUT2D eigenvalue weighted by molar-refractivity contribution is 5.84. The van der Waals surface area contributed by atoms with Gasteiger partial charge in [-0.1, -0.05) is 12.1 Å². The Balaban J connectivity index is 1.44. The average molecular weight is 430 g/mol. The van der Waals surface area contributed by atoms with Crippen LogP contribution >= 0.6 is 0 Å². The number of amides is 1. The smallest absolute Gasteiger partial charge is 0.349 e. The van der Waals surface area contributed by atoms with E-state index in [2.05, 4.69) is 31.8 Å². The van der Waals surface area contributed by atoms with Gasteiger partial charge in [0.25, 0.3) is 0 Å². The van der Waals surface area contributed by atoms with Crippen molar-refractivity contribution in [3.05, 3.63) is 48.0 Å². The number of likely N-dealkylation sites (tertiary alicyclic amines) is 1. The maximum Gasteiger partial charge on any atom is 0.416 e. The van der Waals surface area contributed by atoms with E-state index >= 15 is 0 Å². The number of benzene rings is 1. The van der Waals surface area contributed by atoms with Crippen LogP contribution in [-0.4, -0.2) is 48.9 Å². The minimum absolute atomic E-state index is 0.0230. The van der Waals surface area contributed by atoms with Gasteiger partial charge in [-0.2, -0.15) is 13.2 Å². The largest absolute Gasteiger partial charge is 0.416 e. The molecule has 0 aliphatic carbocycles. The zero-order valence-corrected chi connectivity index (χ0v) is 16.9. The van der Waals surface area contributed by atoms with Crippen molar-refractivity contribution in [1.29, 1.82) is 0 Å². The third kappa shape index (κ3) is 3.21. The van der Waals surface area contributed by atoms with Gasteiger partial charge in [0.05, 0.1) is 23.5 Å². The summed E-state index contributed by atoms with van der Waals surface area (Å²) in [6.07, 6.45) is 0.510. The number of nitrogens with one attached hydrogen (secondary N) is 1. The second-order valence-corrected chi connectivity index (χ2v) is 8.33. The highest BCUT2D eigenvalue weighted by Crippen LogP contribution is 2.43. The van der Waals surface area contributed by atoms with Crippen LogP contribution in [0.2, 0.25) is 0 Å². The summed E-state index contributed by atoms with van der Waals surface area (Å²) in [4.78, 5) is 32.9. The fraction of sp³-hybridized carbons (Fsp3) is 0.429. The fourth-order valence-electron chi connectivity index (χ4n) is 4.94. The summed E-state index contributed by atoms with van der Waals surface area (Å²) >= 11 is 0. The van der Waals surface area contributed by atoms with Crippen molar-refractivity contribution in [1.82, 2.24) is 24.8 Å². The van der Waals surface area contributed by atoms with Crippen LogP contribution in [0.4, 0.5) is 19.0 Å². The molecule has 0 bridgehead atoms. The van der Waals surface area contributed by atoms with Crippen LogP contribution in [-0.2, 0) is 17.5 Å². The molecule has 2 fully saturated rings. The van der Waals surface area contributed by atoms with Gasteiger partial charge in [0, 0.05) is 19.5 Å². The van der Waals surface area contributed by atoms with Crippen LogP contribution < -0.4 is 4.90 Å². The Labute approximate surface area is 176 Å². The Morgan fingerprint density at radius 3 is 2.71 bits per heavy atom. The zero-order valence-electron chi connectivity index (χ0n) is 16.9. The first kappa shape index (κ1) is 19.8. The molecule has 0 radical (unpaired) electrons. The minimum atomic E-state index is -4.38. The number of H-pyrrole nitrogens is 1. The van der Waals surface area contributed by atoms with Crippen molar-refractivity contribution < 1.29 is 18.0 Å². The molecule has 2 aliphatic heterocycles. The number of alkyl halides is 3. The molecule has 1 amide bonds. The molecule has 31 heavy (non-hydrogen) atoms. The van der Waals surface area contributed by atoms with Crippen molar-refractivity contribution in [3.8, 4) is 0 Å². The molecule has 10 heteroatoms. The van der Waals surface area contributed by atoms with E-state index in [1.165, 1.54) is 18.5 Å². The Morgan fingerprint density at radius 1 is 1.19 bits per heavy atom. The maximum absolute atomic E-state index is 12.9. The van der Waals surface area contributed by atoms with Gasteiger partial charge in [0.2, 0.25) is 5.91 Å². The molecule has 2 aliphatic rings. The van der Waals surface area contributed by atoms with Crippen LogP contribution in [0.15, 0.2) is 36.9 Å². The number of hydrogen-bond donors (Lipinski definition) is 1. The van der Waals surface area contributed by atoms with E-state index in [4.69, 9.17) is 0 Å². The van der Waals surface area contributed by atoms with E-state index in [1.807, 2.05) is 4.90 Å². The number of aromatic nitrogens is 4. The lowest BCUT2D eigenvalue weighted by molar-refractivity contribution is -0.142. The first-order chi connectivity index (χ1) is 14.8. The molecule has 4 heterocycles. The van der Waals surface area contributed by atoms with Crippen molar-refractivity contribution in [3.63, 3.8) is 0 Å². The summed E-state index contributed by atoms with van der Waals surface area (Å²) in [5.41, 5.74) is 0.893. The minimum Gasteiger partial charge on any atom is -0.349 e. The predicted molar refractivity (Wildman–Crippen MR) is 107 cm³/mol. The van der Waals surface area contributed by atoms with Gasteiger partial charge in [-0.05, 0) is 37.5 Å². The molecule has 2 atom stereocenters. The molecule has 2 saturated heterocycles. The fourth-order valence-corrected chi connectivity index (χ4v) is 4.94. The van der Waals surface area contributed by atoms with E-state index in [0.717, 1.165) is 29.9 Å². The molecule has 0 saturated carbocycles. The van der Waals surface area contributed by atoms with E-state index in [-0.39, 0.29) is 18.5 Å². The summed E-state index contributed by atoms with van der Waals surface area (Å²) in [5.74, 6) is 0.787. The zero-order chi connectivity index (χ0) is 21.8. The molecule has 2 aromatic heterocycles. The van der Waals surface area contributed by atoms with Crippen LogP contribution in [0, 0.1) is 0 Å². The van der Waals surface area contributed by atoms with E-state index in [0.29, 0.717) is 30.6 Å². The van der Waals surface area contributed by atoms with Gasteiger partial charge in [-0.25, -0.2) is 15.0 Å². The summed E-state index contributed by atoms with van der Waals surface area (Å²) in [6, 6.07) is 5.09. The maximum atomic E-state index is 12.9. The number of hydrogen-bond acceptors (Lipinski definition) is 5. The highest BCUT2D eigenvalue weighted by atomic mass is 19.4. The second-order valence-electron chi connectivity index (χ2n) is 8.33. The van der Waals surface area contributed by atoms with Crippen molar-refractivity contribution in [2.24, 2.45) is 0 Å². The first-order valence-electron chi connectivity index (χ1n) is 10.1. The van der Waals surface area contributed by atoms with Crippen molar-refractivity contribution >= 4 is 22.9 Å². The van der Waals surface area contributed by atoms with Gasteiger partial charge >= 0.3 is 6.18 Å². The normalized spacial score (nSPS) is 24.1. The lowest BCUT2D eigenvalue weighted by Crippen LogP contribution is -2.60. The topological polar surface area (TPSA) is 78.0 Å². The molecule has 0 spiro atoms. The average Bonchev–Trinajstić information content (AvgIpc) is 3.34. The third-order valence-electron chi connectivity index (χ3n) is 6.60. The number of carbonyl (C=O) groups excluding carboxylic acids is 1. The lowest BCUT2D eigenvalue weighted by Gasteiger charge is -2.48. The number of carbonyl (C=O) groups is 1. The van der Waals surface area contributed by atoms with Crippen LogP contribution in [0.3, 0.4) is 0 Å². The number of imidazole rings is 1. The number of aromatic amines is 1. The summed E-state index contributed by atoms with van der Waals surface area (Å²) in [6.45, 7) is 3.05. The predicted octanol–water partition coefficient (Wildman–Crippen LogP) is 3.53.